The molecule has 0 bridgehead atoms. The number of ether oxygens (including phenoxy) is 1. The van der Waals surface area contributed by atoms with Gasteiger partial charge >= 0.3 is 5.97 Å². The zero-order valence-corrected chi connectivity index (χ0v) is 30.8. The summed E-state index contributed by atoms with van der Waals surface area (Å²) in [5.74, 6) is 0.780. The SMILES string of the molecule is COC(=O)CCCCCCC1C(O[Si](C)(C)C(C)(C)C)CC(O[Si](C)(C)C(C)(C)C)C1C(CCCC=O)CC(C)O. The molecule has 0 aromatic carbocycles. The van der Waals surface area contributed by atoms with Crippen LogP contribution < -0.4 is 0 Å². The van der Waals surface area contributed by atoms with Crippen molar-refractivity contribution in [2.75, 3.05) is 7.11 Å². The Labute approximate surface area is 255 Å². The van der Waals surface area contributed by atoms with Crippen LogP contribution in [0.3, 0.4) is 0 Å². The molecule has 0 saturated heterocycles. The number of aldehydes is 1. The van der Waals surface area contributed by atoms with Crippen molar-refractivity contribution < 1.29 is 28.3 Å². The summed E-state index contributed by atoms with van der Waals surface area (Å²) in [6.07, 6.45) is 10.4. The molecular weight excluding hydrogens is 549 g/mol. The number of hydrogen-bond acceptors (Lipinski definition) is 6. The van der Waals surface area contributed by atoms with Crippen LogP contribution >= 0.6 is 0 Å². The second-order valence-corrected chi connectivity index (χ2v) is 25.3. The highest BCUT2D eigenvalue weighted by Gasteiger charge is 2.53. The molecular formula is C33H66O6Si2. The van der Waals surface area contributed by atoms with Crippen LogP contribution in [0, 0.1) is 17.8 Å². The van der Waals surface area contributed by atoms with Crippen LogP contribution in [-0.4, -0.2) is 59.4 Å². The van der Waals surface area contributed by atoms with Crippen LogP contribution in [0.25, 0.3) is 0 Å². The summed E-state index contributed by atoms with van der Waals surface area (Å²) < 4.78 is 19.3. The highest BCUT2D eigenvalue weighted by Crippen LogP contribution is 2.51. The van der Waals surface area contributed by atoms with E-state index in [1.54, 1.807) is 0 Å². The van der Waals surface area contributed by atoms with E-state index in [1.165, 1.54) is 7.11 Å². The van der Waals surface area contributed by atoms with Gasteiger partial charge in [-0.25, -0.2) is 0 Å². The molecule has 242 valence electrons. The number of hydrogen-bond donors (Lipinski definition) is 1. The molecule has 0 aromatic rings. The molecule has 1 aliphatic carbocycles. The normalized spacial score (nSPS) is 23.8. The van der Waals surface area contributed by atoms with Crippen LogP contribution in [0.4, 0.5) is 0 Å². The Kier molecular flexibility index (Phi) is 15.5. The van der Waals surface area contributed by atoms with Gasteiger partial charge in [-0.1, -0.05) is 60.8 Å². The maximum atomic E-state index is 11.6. The van der Waals surface area contributed by atoms with Gasteiger partial charge in [0.2, 0.25) is 0 Å². The van der Waals surface area contributed by atoms with Gasteiger partial charge in [0.1, 0.15) is 6.29 Å². The monoisotopic (exact) mass is 614 g/mol. The summed E-state index contributed by atoms with van der Waals surface area (Å²) in [7, 11) is -2.64. The Bertz CT molecular complexity index is 784. The molecule has 8 heteroatoms. The molecule has 0 radical (unpaired) electrons. The number of carbonyl (C=O) groups excluding carboxylic acids is 2. The second kappa shape index (κ2) is 16.5. The first-order valence-electron chi connectivity index (χ1n) is 16.3. The molecule has 6 atom stereocenters. The molecule has 6 nitrogen and oxygen atoms in total. The number of aliphatic hydroxyl groups excluding tert-OH is 1. The van der Waals surface area contributed by atoms with Crippen molar-refractivity contribution in [3.63, 3.8) is 0 Å². The van der Waals surface area contributed by atoms with Gasteiger partial charge in [-0.05, 0) is 99.5 Å². The average molecular weight is 615 g/mol. The van der Waals surface area contributed by atoms with Crippen molar-refractivity contribution in [3.8, 4) is 0 Å². The summed E-state index contributed by atoms with van der Waals surface area (Å²) >= 11 is 0. The first-order valence-corrected chi connectivity index (χ1v) is 22.1. The summed E-state index contributed by atoms with van der Waals surface area (Å²) in [5.41, 5.74) is 0. The Hall–Kier alpha value is -0.546. The first kappa shape index (κ1) is 38.5. The Morgan fingerprint density at radius 2 is 1.44 bits per heavy atom. The Balaban J connectivity index is 3.41. The largest absolute Gasteiger partial charge is 0.469 e. The number of esters is 1. The fourth-order valence-corrected chi connectivity index (χ4v) is 8.71. The summed E-state index contributed by atoms with van der Waals surface area (Å²) in [6, 6.07) is 0. The minimum atomic E-state index is -2.06. The predicted octanol–water partition coefficient (Wildman–Crippen LogP) is 8.67. The van der Waals surface area contributed by atoms with E-state index in [1.807, 2.05) is 6.92 Å². The van der Waals surface area contributed by atoms with Crippen LogP contribution in [-0.2, 0) is 23.2 Å². The highest BCUT2D eigenvalue weighted by atomic mass is 28.4. The molecule has 0 spiro atoms. The maximum absolute atomic E-state index is 11.6. The number of carbonyl (C=O) groups is 2. The van der Waals surface area contributed by atoms with Gasteiger partial charge in [-0.3, -0.25) is 4.79 Å². The van der Waals surface area contributed by atoms with Crippen molar-refractivity contribution in [1.29, 1.82) is 0 Å². The fourth-order valence-electron chi connectivity index (χ4n) is 5.96. The fraction of sp³-hybridized carbons (Fsp3) is 0.939. The molecule has 1 aliphatic rings. The van der Waals surface area contributed by atoms with Crippen molar-refractivity contribution in [3.05, 3.63) is 0 Å². The smallest absolute Gasteiger partial charge is 0.305 e. The lowest BCUT2D eigenvalue weighted by atomic mass is 9.75. The van der Waals surface area contributed by atoms with E-state index in [0.29, 0.717) is 18.8 Å². The van der Waals surface area contributed by atoms with Crippen molar-refractivity contribution in [2.24, 2.45) is 17.8 Å². The molecule has 1 rings (SSSR count). The van der Waals surface area contributed by atoms with E-state index < -0.39 is 22.7 Å². The third-order valence-electron chi connectivity index (χ3n) is 10.4. The predicted molar refractivity (Wildman–Crippen MR) is 175 cm³/mol. The van der Waals surface area contributed by atoms with Crippen LogP contribution in [0.15, 0.2) is 0 Å². The van der Waals surface area contributed by atoms with Crippen LogP contribution in [0.5, 0.6) is 0 Å². The van der Waals surface area contributed by atoms with Crippen molar-refractivity contribution in [2.45, 2.75) is 174 Å². The van der Waals surface area contributed by atoms with E-state index in [9.17, 15) is 14.7 Å². The topological polar surface area (TPSA) is 82.1 Å². The van der Waals surface area contributed by atoms with Gasteiger partial charge in [0.25, 0.3) is 0 Å². The lowest BCUT2D eigenvalue weighted by Gasteiger charge is -2.42. The molecule has 0 aliphatic heterocycles. The Morgan fingerprint density at radius 1 is 0.902 bits per heavy atom. The average Bonchev–Trinajstić information content (AvgIpc) is 3.13. The van der Waals surface area contributed by atoms with Gasteiger partial charge in [0, 0.05) is 12.8 Å². The van der Waals surface area contributed by atoms with Crippen LogP contribution in [0.2, 0.25) is 36.3 Å². The molecule has 1 N–H and O–H groups in total. The zero-order valence-electron chi connectivity index (χ0n) is 28.8. The van der Waals surface area contributed by atoms with E-state index in [4.69, 9.17) is 13.6 Å². The van der Waals surface area contributed by atoms with Gasteiger partial charge in [-0.15, -0.1) is 0 Å². The number of rotatable bonds is 18. The molecule has 1 saturated carbocycles. The van der Waals surface area contributed by atoms with Crippen molar-refractivity contribution in [1.82, 2.24) is 0 Å². The van der Waals surface area contributed by atoms with E-state index in [0.717, 1.165) is 64.1 Å². The van der Waals surface area contributed by atoms with Gasteiger partial charge in [0.15, 0.2) is 16.6 Å². The molecule has 0 aromatic heterocycles. The quantitative estimate of drug-likeness (QED) is 0.0720. The lowest BCUT2D eigenvalue weighted by Crippen LogP contribution is -2.46. The number of methoxy groups -OCH3 is 1. The second-order valence-electron chi connectivity index (χ2n) is 15.8. The minimum absolute atomic E-state index is 0.0926. The third kappa shape index (κ3) is 12.2. The zero-order chi connectivity index (χ0) is 31.6. The molecule has 0 heterocycles. The van der Waals surface area contributed by atoms with E-state index >= 15 is 0 Å². The van der Waals surface area contributed by atoms with Gasteiger partial charge in [-0.2, -0.15) is 0 Å². The number of unbranched alkanes of at least 4 members (excludes halogenated alkanes) is 4. The Morgan fingerprint density at radius 3 is 1.93 bits per heavy atom. The van der Waals surface area contributed by atoms with E-state index in [2.05, 4.69) is 67.7 Å². The minimum Gasteiger partial charge on any atom is -0.469 e. The molecule has 0 amide bonds. The van der Waals surface area contributed by atoms with E-state index in [-0.39, 0.29) is 40.1 Å². The first-order chi connectivity index (χ1) is 18.8. The summed E-state index contributed by atoms with van der Waals surface area (Å²) in [6.45, 7) is 25.1. The standard InChI is InChI=1S/C33H66O6Si2/c1-25(35)23-26(19-17-18-22-34)31-27(20-15-13-14-16-21-30(36)37-8)28(38-40(9,10)32(2,3)4)24-29(31)39-41(11,12)33(5,6)7/h22,25-29,31,35H,13-21,23-24H2,1-12H3. The number of aliphatic hydroxyl groups is 1. The highest BCUT2D eigenvalue weighted by molar-refractivity contribution is 6.74. The maximum Gasteiger partial charge on any atom is 0.305 e. The summed E-state index contributed by atoms with van der Waals surface area (Å²) in [5, 5.41) is 10.8. The molecule has 1 fully saturated rings. The molecule has 6 unspecified atom stereocenters. The van der Waals surface area contributed by atoms with Gasteiger partial charge < -0.3 is 23.5 Å². The van der Waals surface area contributed by atoms with Crippen LogP contribution in [0.1, 0.15) is 119 Å². The summed E-state index contributed by atoms with van der Waals surface area (Å²) in [4.78, 5) is 22.8. The lowest BCUT2D eigenvalue weighted by molar-refractivity contribution is -0.140. The van der Waals surface area contributed by atoms with Gasteiger partial charge in [0.05, 0.1) is 25.4 Å². The molecule has 41 heavy (non-hydrogen) atoms. The third-order valence-corrected chi connectivity index (χ3v) is 19.4. The van der Waals surface area contributed by atoms with Crippen molar-refractivity contribution >= 4 is 28.9 Å².